The molecule has 2 rings (SSSR count). The van der Waals surface area contributed by atoms with E-state index >= 15 is 0 Å². The van der Waals surface area contributed by atoms with Gasteiger partial charge in [0.1, 0.15) is 5.82 Å². The van der Waals surface area contributed by atoms with Gasteiger partial charge in [0.15, 0.2) is 5.78 Å². The SMILES string of the molecule is CC(=O)NC1CCN(CCCC(=O)c2ccc(F)cc2)CC1. The molecule has 0 radical (unpaired) electrons. The maximum atomic E-state index is 12.8. The Bertz CT molecular complexity index is 508. The zero-order valence-electron chi connectivity index (χ0n) is 13.0. The van der Waals surface area contributed by atoms with Gasteiger partial charge in [0.25, 0.3) is 0 Å². The number of piperidine rings is 1. The number of carbonyl (C=O) groups excluding carboxylic acids is 2. The Morgan fingerprint density at radius 2 is 1.86 bits per heavy atom. The summed E-state index contributed by atoms with van der Waals surface area (Å²) < 4.78 is 12.8. The number of benzene rings is 1. The van der Waals surface area contributed by atoms with Crippen molar-refractivity contribution < 1.29 is 14.0 Å². The second-order valence-corrected chi connectivity index (χ2v) is 5.85. The first-order valence-corrected chi connectivity index (χ1v) is 7.83. The summed E-state index contributed by atoms with van der Waals surface area (Å²) in [4.78, 5) is 25.3. The lowest BCUT2D eigenvalue weighted by molar-refractivity contribution is -0.119. The van der Waals surface area contributed by atoms with Gasteiger partial charge in [-0.05, 0) is 50.1 Å². The Morgan fingerprint density at radius 3 is 2.45 bits per heavy atom. The van der Waals surface area contributed by atoms with Gasteiger partial charge in [0.2, 0.25) is 5.91 Å². The van der Waals surface area contributed by atoms with Crippen LogP contribution >= 0.6 is 0 Å². The fraction of sp³-hybridized carbons (Fsp3) is 0.529. The number of carbonyl (C=O) groups is 2. The molecule has 1 amide bonds. The van der Waals surface area contributed by atoms with Crippen molar-refractivity contribution in [3.8, 4) is 0 Å². The number of ketones is 1. The number of halogens is 1. The molecule has 0 aliphatic carbocycles. The lowest BCUT2D eigenvalue weighted by atomic mass is 10.0. The van der Waals surface area contributed by atoms with Crippen LogP contribution in [0, 0.1) is 5.82 Å². The van der Waals surface area contributed by atoms with Crippen LogP contribution in [0.4, 0.5) is 4.39 Å². The van der Waals surface area contributed by atoms with Gasteiger partial charge in [-0.2, -0.15) is 0 Å². The van der Waals surface area contributed by atoms with E-state index in [4.69, 9.17) is 0 Å². The zero-order valence-corrected chi connectivity index (χ0v) is 13.0. The monoisotopic (exact) mass is 306 g/mol. The minimum absolute atomic E-state index is 0.0309. The molecule has 0 aromatic heterocycles. The highest BCUT2D eigenvalue weighted by Crippen LogP contribution is 2.12. The number of rotatable bonds is 6. The van der Waals surface area contributed by atoms with Crippen LogP contribution in [0.5, 0.6) is 0 Å². The summed E-state index contributed by atoms with van der Waals surface area (Å²) in [5.41, 5.74) is 0.575. The minimum atomic E-state index is -0.321. The van der Waals surface area contributed by atoms with Gasteiger partial charge in [-0.3, -0.25) is 9.59 Å². The van der Waals surface area contributed by atoms with Crippen LogP contribution in [0.1, 0.15) is 43.0 Å². The highest BCUT2D eigenvalue weighted by atomic mass is 19.1. The molecule has 0 spiro atoms. The molecule has 1 heterocycles. The van der Waals surface area contributed by atoms with Gasteiger partial charge in [0, 0.05) is 38.0 Å². The number of hydrogen-bond acceptors (Lipinski definition) is 3. The summed E-state index contributed by atoms with van der Waals surface area (Å²) in [6.45, 7) is 4.35. The second kappa shape index (κ2) is 8.03. The fourth-order valence-electron chi connectivity index (χ4n) is 2.83. The molecular formula is C17H23FN2O2. The lowest BCUT2D eigenvalue weighted by Crippen LogP contribution is -2.44. The summed E-state index contributed by atoms with van der Waals surface area (Å²) >= 11 is 0. The van der Waals surface area contributed by atoms with E-state index in [1.54, 1.807) is 6.92 Å². The highest BCUT2D eigenvalue weighted by Gasteiger charge is 2.19. The summed E-state index contributed by atoms with van der Waals surface area (Å²) in [5, 5.41) is 2.95. The summed E-state index contributed by atoms with van der Waals surface area (Å²) in [5.74, 6) is -0.227. The third kappa shape index (κ3) is 5.22. The van der Waals surface area contributed by atoms with Gasteiger partial charge < -0.3 is 10.2 Å². The molecule has 0 atom stereocenters. The number of likely N-dealkylation sites (tertiary alicyclic amines) is 1. The maximum absolute atomic E-state index is 12.8. The Labute approximate surface area is 130 Å². The van der Waals surface area contributed by atoms with Gasteiger partial charge in [0.05, 0.1) is 0 Å². The third-order valence-electron chi connectivity index (χ3n) is 4.04. The van der Waals surface area contributed by atoms with Crippen LogP contribution < -0.4 is 5.32 Å². The number of amides is 1. The van der Waals surface area contributed by atoms with E-state index in [0.717, 1.165) is 38.9 Å². The standard InChI is InChI=1S/C17H23FN2O2/c1-13(21)19-16-8-11-20(12-9-16)10-2-3-17(22)14-4-6-15(18)7-5-14/h4-7,16H,2-3,8-12H2,1H3,(H,19,21). The van der Waals surface area contributed by atoms with Crippen molar-refractivity contribution in [1.29, 1.82) is 0 Å². The van der Waals surface area contributed by atoms with E-state index in [1.807, 2.05) is 0 Å². The van der Waals surface area contributed by atoms with E-state index < -0.39 is 0 Å². The molecule has 1 aromatic rings. The molecule has 1 fully saturated rings. The van der Waals surface area contributed by atoms with Crippen LogP contribution in [0.3, 0.4) is 0 Å². The molecule has 1 aromatic carbocycles. The molecule has 0 bridgehead atoms. The largest absolute Gasteiger partial charge is 0.354 e. The summed E-state index contributed by atoms with van der Waals surface area (Å²) in [6, 6.07) is 6.00. The number of hydrogen-bond donors (Lipinski definition) is 1. The van der Waals surface area contributed by atoms with Crippen LogP contribution in [-0.2, 0) is 4.79 Å². The van der Waals surface area contributed by atoms with Crippen molar-refractivity contribution in [3.05, 3.63) is 35.6 Å². The Kier molecular flexibility index (Phi) is 6.07. The molecule has 1 N–H and O–H groups in total. The van der Waals surface area contributed by atoms with Crippen LogP contribution in [0.25, 0.3) is 0 Å². The van der Waals surface area contributed by atoms with E-state index in [0.29, 0.717) is 12.0 Å². The molecule has 120 valence electrons. The van der Waals surface area contributed by atoms with Crippen molar-refractivity contribution in [2.24, 2.45) is 0 Å². The van der Waals surface area contributed by atoms with Crippen molar-refractivity contribution in [2.45, 2.75) is 38.6 Å². The molecule has 5 heteroatoms. The van der Waals surface area contributed by atoms with Crippen LogP contribution in [0.15, 0.2) is 24.3 Å². The number of nitrogens with zero attached hydrogens (tertiary/aromatic N) is 1. The first-order valence-electron chi connectivity index (χ1n) is 7.83. The number of Topliss-reactive ketones (excluding diaryl/α,β-unsaturated/α-hetero) is 1. The Morgan fingerprint density at radius 1 is 1.23 bits per heavy atom. The molecule has 1 aliphatic rings. The maximum Gasteiger partial charge on any atom is 0.217 e. The summed E-state index contributed by atoms with van der Waals surface area (Å²) in [6.07, 6.45) is 3.22. The van der Waals surface area contributed by atoms with E-state index in [9.17, 15) is 14.0 Å². The fourth-order valence-corrected chi connectivity index (χ4v) is 2.83. The molecule has 1 saturated heterocycles. The van der Waals surface area contributed by atoms with Gasteiger partial charge in [-0.1, -0.05) is 0 Å². The van der Waals surface area contributed by atoms with Crippen molar-refractivity contribution in [2.75, 3.05) is 19.6 Å². The van der Waals surface area contributed by atoms with E-state index in [1.165, 1.54) is 24.3 Å². The topological polar surface area (TPSA) is 49.4 Å². The lowest BCUT2D eigenvalue weighted by Gasteiger charge is -2.32. The smallest absolute Gasteiger partial charge is 0.217 e. The van der Waals surface area contributed by atoms with Crippen molar-refractivity contribution in [3.63, 3.8) is 0 Å². The van der Waals surface area contributed by atoms with Gasteiger partial charge in [-0.25, -0.2) is 4.39 Å². The van der Waals surface area contributed by atoms with Crippen LogP contribution in [-0.4, -0.2) is 42.3 Å². The molecular weight excluding hydrogens is 283 g/mol. The van der Waals surface area contributed by atoms with Gasteiger partial charge >= 0.3 is 0 Å². The van der Waals surface area contributed by atoms with E-state index in [2.05, 4.69) is 10.2 Å². The van der Waals surface area contributed by atoms with Crippen molar-refractivity contribution in [1.82, 2.24) is 10.2 Å². The normalized spacial score (nSPS) is 16.5. The van der Waals surface area contributed by atoms with Crippen molar-refractivity contribution >= 4 is 11.7 Å². The van der Waals surface area contributed by atoms with Crippen LogP contribution in [0.2, 0.25) is 0 Å². The second-order valence-electron chi connectivity index (χ2n) is 5.85. The predicted molar refractivity (Wildman–Crippen MR) is 83.2 cm³/mol. The molecule has 4 nitrogen and oxygen atoms in total. The first-order chi connectivity index (χ1) is 10.5. The van der Waals surface area contributed by atoms with Gasteiger partial charge in [-0.15, -0.1) is 0 Å². The molecule has 1 aliphatic heterocycles. The average Bonchev–Trinajstić information content (AvgIpc) is 2.49. The Balaban J connectivity index is 1.66. The quantitative estimate of drug-likeness (QED) is 0.821. The minimum Gasteiger partial charge on any atom is -0.354 e. The zero-order chi connectivity index (χ0) is 15.9. The third-order valence-corrected chi connectivity index (χ3v) is 4.04. The Hall–Kier alpha value is -1.75. The molecule has 22 heavy (non-hydrogen) atoms. The highest BCUT2D eigenvalue weighted by molar-refractivity contribution is 5.95. The first kappa shape index (κ1) is 16.6. The predicted octanol–water partition coefficient (Wildman–Crippen LogP) is 2.39. The van der Waals surface area contributed by atoms with E-state index in [-0.39, 0.29) is 23.5 Å². The average molecular weight is 306 g/mol. The summed E-state index contributed by atoms with van der Waals surface area (Å²) in [7, 11) is 0. The molecule has 0 saturated carbocycles. The number of nitrogens with one attached hydrogen (secondary N) is 1. The molecule has 0 unspecified atom stereocenters.